The first-order chi connectivity index (χ1) is 10.6. The van der Waals surface area contributed by atoms with E-state index in [1.165, 1.54) is 13.2 Å². The van der Waals surface area contributed by atoms with Gasteiger partial charge in [-0.05, 0) is 12.1 Å². The fourth-order valence-electron chi connectivity index (χ4n) is 2.92. The number of carbonyl (C=O) groups excluding carboxylic acids is 1. The van der Waals surface area contributed by atoms with Crippen molar-refractivity contribution < 1.29 is 38.7 Å². The Kier molecular flexibility index (Phi) is 3.01. The molecule has 0 aromatic heterocycles. The number of ether oxygens (including phenoxy) is 5. The van der Waals surface area contributed by atoms with Crippen molar-refractivity contribution in [2.24, 2.45) is 0 Å². The van der Waals surface area contributed by atoms with Gasteiger partial charge in [0.2, 0.25) is 0 Å². The molecule has 8 nitrogen and oxygen atoms in total. The average Bonchev–Trinajstić information content (AvgIpc) is 3.13. The smallest absolute Gasteiger partial charge is 0.338 e. The summed E-state index contributed by atoms with van der Waals surface area (Å²) in [5.41, 5.74) is 0.633. The molecule has 3 aliphatic rings. The summed E-state index contributed by atoms with van der Waals surface area (Å²) in [5.74, 6) is -0.413. The van der Waals surface area contributed by atoms with Gasteiger partial charge in [0.25, 0.3) is 0 Å². The normalized spacial score (nSPS) is 39.5. The number of benzene rings is 1. The van der Waals surface area contributed by atoms with Gasteiger partial charge in [0.05, 0.1) is 7.11 Å². The highest BCUT2D eigenvalue weighted by Gasteiger charge is 2.61. The van der Waals surface area contributed by atoms with Gasteiger partial charge in [0, 0.05) is 5.56 Å². The van der Waals surface area contributed by atoms with E-state index in [0.29, 0.717) is 11.3 Å². The number of carbonyl (C=O) groups is 1. The maximum Gasteiger partial charge on any atom is 0.338 e. The highest BCUT2D eigenvalue weighted by Crippen LogP contribution is 2.44. The molecule has 3 aliphatic heterocycles. The van der Waals surface area contributed by atoms with Gasteiger partial charge in [-0.3, -0.25) is 0 Å². The van der Waals surface area contributed by atoms with Crippen molar-refractivity contribution in [2.45, 2.75) is 37.0 Å². The largest absolute Gasteiger partial charge is 0.504 e. The van der Waals surface area contributed by atoms with Crippen LogP contribution < -0.4 is 4.74 Å². The third-order valence-electron chi connectivity index (χ3n) is 4.03. The van der Waals surface area contributed by atoms with Gasteiger partial charge >= 0.3 is 5.97 Å². The highest BCUT2D eigenvalue weighted by molar-refractivity contribution is 5.78. The average molecular weight is 310 g/mol. The van der Waals surface area contributed by atoms with Crippen molar-refractivity contribution in [3.63, 3.8) is 0 Å². The second-order valence-corrected chi connectivity index (χ2v) is 5.32. The summed E-state index contributed by atoms with van der Waals surface area (Å²) >= 11 is 0. The van der Waals surface area contributed by atoms with Crippen LogP contribution in [-0.4, -0.2) is 54.0 Å². The lowest BCUT2D eigenvalue weighted by atomic mass is 10.1. The molecular weight excluding hydrogens is 296 g/mol. The molecule has 8 heteroatoms. The number of esters is 1. The topological polar surface area (TPSA) is 104 Å². The van der Waals surface area contributed by atoms with Crippen LogP contribution in [0.4, 0.5) is 0 Å². The number of fused-ring (bicyclic) bond motifs is 3. The molecule has 22 heavy (non-hydrogen) atoms. The number of aliphatic hydroxyl groups excluding tert-OH is 1. The number of hydrogen-bond acceptors (Lipinski definition) is 8. The quantitative estimate of drug-likeness (QED) is 0.725. The molecule has 0 radical (unpaired) electrons. The Morgan fingerprint density at radius 3 is 2.73 bits per heavy atom. The number of hydrogen-bond donors (Lipinski definition) is 2. The second kappa shape index (κ2) is 4.82. The van der Waals surface area contributed by atoms with Crippen LogP contribution in [-0.2, 0) is 23.7 Å². The predicted molar refractivity (Wildman–Crippen MR) is 67.9 cm³/mol. The minimum absolute atomic E-state index is 0.00796. The second-order valence-electron chi connectivity index (χ2n) is 5.32. The van der Waals surface area contributed by atoms with Crippen LogP contribution in [0, 0.1) is 0 Å². The van der Waals surface area contributed by atoms with Crippen LogP contribution in [0.2, 0.25) is 0 Å². The molecule has 0 aliphatic carbocycles. The Morgan fingerprint density at radius 1 is 1.14 bits per heavy atom. The third-order valence-corrected chi connectivity index (χ3v) is 4.03. The third kappa shape index (κ3) is 1.88. The summed E-state index contributed by atoms with van der Waals surface area (Å²) in [6.45, 7) is 0. The number of phenols is 1. The van der Waals surface area contributed by atoms with Crippen LogP contribution in [0.3, 0.4) is 0 Å². The monoisotopic (exact) mass is 310 g/mol. The van der Waals surface area contributed by atoms with Crippen molar-refractivity contribution in [1.29, 1.82) is 0 Å². The molecule has 0 unspecified atom stereocenters. The van der Waals surface area contributed by atoms with E-state index in [1.54, 1.807) is 12.1 Å². The molecule has 4 rings (SSSR count). The SMILES string of the molecule is COc1cc([C@H]2O[C@H]3O[C@H]4[C@H](OC(=O)[C@H]4O)[C@H]3O2)ccc1O. The molecule has 2 N–H and O–H groups in total. The zero-order valence-corrected chi connectivity index (χ0v) is 11.5. The molecule has 1 aromatic carbocycles. The minimum Gasteiger partial charge on any atom is -0.504 e. The van der Waals surface area contributed by atoms with Crippen molar-refractivity contribution in [3.8, 4) is 11.5 Å². The molecule has 3 fully saturated rings. The van der Waals surface area contributed by atoms with E-state index in [-0.39, 0.29) is 5.75 Å². The first-order valence-electron chi connectivity index (χ1n) is 6.80. The molecule has 6 atom stereocenters. The molecule has 1 aromatic rings. The first kappa shape index (κ1) is 13.8. The minimum atomic E-state index is -1.31. The molecule has 0 bridgehead atoms. The fraction of sp³-hybridized carbons (Fsp3) is 0.500. The zero-order chi connectivity index (χ0) is 15.4. The molecule has 3 heterocycles. The summed E-state index contributed by atoms with van der Waals surface area (Å²) in [5, 5.41) is 19.3. The van der Waals surface area contributed by atoms with Crippen LogP contribution in [0.1, 0.15) is 11.9 Å². The van der Waals surface area contributed by atoms with Gasteiger partial charge < -0.3 is 33.9 Å². The Bertz CT molecular complexity index is 617. The van der Waals surface area contributed by atoms with Gasteiger partial charge in [0.1, 0.15) is 6.10 Å². The van der Waals surface area contributed by atoms with Gasteiger partial charge in [-0.1, -0.05) is 6.07 Å². The van der Waals surface area contributed by atoms with Gasteiger partial charge in [0.15, 0.2) is 42.4 Å². The van der Waals surface area contributed by atoms with Crippen LogP contribution in [0.15, 0.2) is 18.2 Å². The summed E-state index contributed by atoms with van der Waals surface area (Å²) in [7, 11) is 1.44. The number of methoxy groups -OCH3 is 1. The molecule has 0 spiro atoms. The summed E-state index contributed by atoms with van der Waals surface area (Å²) in [6, 6.07) is 4.70. The van der Waals surface area contributed by atoms with E-state index < -0.39 is 43.0 Å². The van der Waals surface area contributed by atoms with Crippen LogP contribution in [0.25, 0.3) is 0 Å². The highest BCUT2D eigenvalue weighted by atomic mass is 16.8. The standard InChI is InChI=1S/C14H14O8/c1-18-7-4-5(2-3-6(7)15)13-21-11-10-9(20-14(11)22-13)8(16)12(17)19-10/h2-4,8-11,13-16H,1H3/t8-,9+,10-,11+,13+,14+/m0/s1. The lowest BCUT2D eigenvalue weighted by Crippen LogP contribution is -2.32. The maximum absolute atomic E-state index is 11.4. The van der Waals surface area contributed by atoms with E-state index in [4.69, 9.17) is 23.7 Å². The Hall–Kier alpha value is -1.87. The number of rotatable bonds is 2. The van der Waals surface area contributed by atoms with E-state index in [1.807, 2.05) is 0 Å². The molecular formula is C14H14O8. The van der Waals surface area contributed by atoms with Gasteiger partial charge in [-0.25, -0.2) is 4.79 Å². The molecule has 0 amide bonds. The number of aromatic hydroxyl groups is 1. The van der Waals surface area contributed by atoms with Crippen molar-refractivity contribution in [1.82, 2.24) is 0 Å². The number of aliphatic hydroxyl groups is 1. The van der Waals surface area contributed by atoms with E-state index in [9.17, 15) is 15.0 Å². The van der Waals surface area contributed by atoms with Gasteiger partial charge in [-0.15, -0.1) is 0 Å². The van der Waals surface area contributed by atoms with E-state index in [2.05, 4.69) is 0 Å². The zero-order valence-electron chi connectivity index (χ0n) is 11.5. The van der Waals surface area contributed by atoms with Crippen molar-refractivity contribution in [2.75, 3.05) is 7.11 Å². The lowest BCUT2D eigenvalue weighted by Gasteiger charge is -2.17. The summed E-state index contributed by atoms with van der Waals surface area (Å²) in [6.07, 6.45) is -4.82. The summed E-state index contributed by atoms with van der Waals surface area (Å²) in [4.78, 5) is 11.4. The maximum atomic E-state index is 11.4. The van der Waals surface area contributed by atoms with Crippen LogP contribution >= 0.6 is 0 Å². The van der Waals surface area contributed by atoms with Gasteiger partial charge in [-0.2, -0.15) is 0 Å². The Balaban J connectivity index is 1.54. The number of phenolic OH excluding ortho intramolecular Hbond substituents is 1. The van der Waals surface area contributed by atoms with E-state index in [0.717, 1.165) is 0 Å². The Morgan fingerprint density at radius 2 is 1.95 bits per heavy atom. The van der Waals surface area contributed by atoms with Crippen LogP contribution in [0.5, 0.6) is 11.5 Å². The van der Waals surface area contributed by atoms with Crippen molar-refractivity contribution >= 4 is 5.97 Å². The molecule has 3 saturated heterocycles. The first-order valence-corrected chi connectivity index (χ1v) is 6.80. The van der Waals surface area contributed by atoms with E-state index >= 15 is 0 Å². The fourth-order valence-corrected chi connectivity index (χ4v) is 2.92. The molecule has 118 valence electrons. The lowest BCUT2D eigenvalue weighted by molar-refractivity contribution is -0.173. The van der Waals surface area contributed by atoms with Crippen molar-refractivity contribution in [3.05, 3.63) is 23.8 Å². The summed E-state index contributed by atoms with van der Waals surface area (Å²) < 4.78 is 27.0. The predicted octanol–water partition coefficient (Wildman–Crippen LogP) is -0.174. The Labute approximate surface area is 125 Å². The molecule has 0 saturated carbocycles.